The third kappa shape index (κ3) is 4.22. The van der Waals surface area contributed by atoms with E-state index >= 15 is 0 Å². The summed E-state index contributed by atoms with van der Waals surface area (Å²) < 4.78 is 6.02. The van der Waals surface area contributed by atoms with E-state index in [9.17, 15) is 9.70 Å². The highest BCUT2D eigenvalue weighted by Gasteiger charge is 2.15. The number of carboxylic acid groups (broad SMARTS) is 1. The first-order valence-corrected chi connectivity index (χ1v) is 7.94. The van der Waals surface area contributed by atoms with Crippen LogP contribution >= 0.6 is 0 Å². The fraction of sp³-hybridized carbons (Fsp3) is 0.316. The van der Waals surface area contributed by atoms with Crippen LogP contribution in [0, 0.1) is 32.6 Å². The van der Waals surface area contributed by atoms with Gasteiger partial charge >= 0.3 is 5.97 Å². The lowest BCUT2D eigenvalue weighted by atomic mass is 10.0. The highest BCUT2D eigenvalue weighted by atomic mass is 16.5. The molecular formula is C19H22N2O4. The van der Waals surface area contributed by atoms with E-state index in [2.05, 4.69) is 5.18 Å². The molecule has 6 nitrogen and oxygen atoms in total. The Morgan fingerprint density at radius 1 is 1.08 bits per heavy atom. The van der Waals surface area contributed by atoms with Gasteiger partial charge in [0.15, 0.2) is 0 Å². The van der Waals surface area contributed by atoms with Gasteiger partial charge in [0, 0.05) is 0 Å². The SMILES string of the molecule is Cc1cc(Oc2c(C)cc(CC(N)C(=O)O)cc2C)cc(C)c1N=O. The van der Waals surface area contributed by atoms with E-state index in [1.165, 1.54) is 0 Å². The summed E-state index contributed by atoms with van der Waals surface area (Å²) in [6.45, 7) is 7.43. The summed E-state index contributed by atoms with van der Waals surface area (Å²) in [5, 5.41) is 12.0. The van der Waals surface area contributed by atoms with Gasteiger partial charge in [-0.05, 0) is 79.2 Å². The lowest BCUT2D eigenvalue weighted by molar-refractivity contribution is -0.138. The lowest BCUT2D eigenvalue weighted by Gasteiger charge is -2.16. The lowest BCUT2D eigenvalue weighted by Crippen LogP contribution is -2.32. The molecule has 1 atom stereocenters. The van der Waals surface area contributed by atoms with Crippen molar-refractivity contribution in [2.24, 2.45) is 10.9 Å². The second-order valence-corrected chi connectivity index (χ2v) is 6.31. The van der Waals surface area contributed by atoms with Crippen LogP contribution in [0.25, 0.3) is 0 Å². The van der Waals surface area contributed by atoms with Crippen molar-refractivity contribution < 1.29 is 14.6 Å². The summed E-state index contributed by atoms with van der Waals surface area (Å²) in [6.07, 6.45) is 0.259. The van der Waals surface area contributed by atoms with E-state index in [-0.39, 0.29) is 6.42 Å². The maximum atomic E-state index is 10.9. The average molecular weight is 342 g/mol. The van der Waals surface area contributed by atoms with Gasteiger partial charge in [0.25, 0.3) is 0 Å². The summed E-state index contributed by atoms with van der Waals surface area (Å²) in [6, 6.07) is 6.38. The smallest absolute Gasteiger partial charge is 0.320 e. The number of hydrogen-bond donors (Lipinski definition) is 2. The first-order valence-electron chi connectivity index (χ1n) is 7.94. The van der Waals surface area contributed by atoms with Crippen molar-refractivity contribution in [1.29, 1.82) is 0 Å². The van der Waals surface area contributed by atoms with Gasteiger partial charge in [-0.1, -0.05) is 12.1 Å². The van der Waals surface area contributed by atoms with Gasteiger partial charge in [-0.2, -0.15) is 0 Å². The van der Waals surface area contributed by atoms with E-state index in [0.29, 0.717) is 17.2 Å². The van der Waals surface area contributed by atoms with E-state index < -0.39 is 12.0 Å². The molecular weight excluding hydrogens is 320 g/mol. The summed E-state index contributed by atoms with van der Waals surface area (Å²) in [4.78, 5) is 21.8. The zero-order chi connectivity index (χ0) is 18.7. The molecule has 0 heterocycles. The van der Waals surface area contributed by atoms with Crippen LogP contribution in [-0.4, -0.2) is 17.1 Å². The number of aliphatic carboxylic acids is 1. The largest absolute Gasteiger partial charge is 0.480 e. The van der Waals surface area contributed by atoms with Gasteiger partial charge < -0.3 is 15.6 Å². The molecule has 25 heavy (non-hydrogen) atoms. The number of rotatable bonds is 6. The van der Waals surface area contributed by atoms with Crippen LogP contribution in [0.5, 0.6) is 11.5 Å². The molecule has 0 bridgehead atoms. The van der Waals surface area contributed by atoms with Gasteiger partial charge in [-0.15, -0.1) is 4.91 Å². The molecule has 6 heteroatoms. The minimum absolute atomic E-state index is 0.259. The zero-order valence-electron chi connectivity index (χ0n) is 14.8. The van der Waals surface area contributed by atoms with Crippen molar-refractivity contribution in [3.63, 3.8) is 0 Å². The molecule has 0 radical (unpaired) electrons. The van der Waals surface area contributed by atoms with E-state index in [4.69, 9.17) is 15.6 Å². The Balaban J connectivity index is 2.32. The Labute approximate surface area is 146 Å². The van der Waals surface area contributed by atoms with Gasteiger partial charge in [-0.25, -0.2) is 0 Å². The summed E-state index contributed by atoms with van der Waals surface area (Å²) >= 11 is 0. The molecule has 0 aliphatic heterocycles. The minimum atomic E-state index is -1.02. The van der Waals surface area contributed by atoms with Crippen molar-refractivity contribution in [2.75, 3.05) is 0 Å². The maximum absolute atomic E-state index is 10.9. The van der Waals surface area contributed by atoms with Crippen LogP contribution in [0.2, 0.25) is 0 Å². The molecule has 2 aromatic carbocycles. The maximum Gasteiger partial charge on any atom is 0.320 e. The molecule has 0 fully saturated rings. The molecule has 0 spiro atoms. The number of nitrogens with two attached hydrogens (primary N) is 1. The Hall–Kier alpha value is -2.73. The van der Waals surface area contributed by atoms with Crippen LogP contribution in [-0.2, 0) is 11.2 Å². The Morgan fingerprint density at radius 2 is 1.60 bits per heavy atom. The summed E-state index contributed by atoms with van der Waals surface area (Å²) in [5.41, 5.74) is 10.2. The predicted molar refractivity (Wildman–Crippen MR) is 96.7 cm³/mol. The summed E-state index contributed by atoms with van der Waals surface area (Å²) in [7, 11) is 0. The predicted octanol–water partition coefficient (Wildman–Crippen LogP) is 4.06. The standard InChI is InChI=1S/C19H22N2O4/c1-10-7-15(8-11(2)17(10)21-24)25-18-12(3)5-14(6-13(18)4)9-16(20)19(22)23/h5-8,16H,9,20H2,1-4H3,(H,22,23). The van der Waals surface area contributed by atoms with Crippen LogP contribution in [0.3, 0.4) is 0 Å². The Kier molecular flexibility index (Phi) is 5.54. The van der Waals surface area contributed by atoms with Crippen LogP contribution in [0.4, 0.5) is 5.69 Å². The number of nitroso groups, excluding NO2 is 1. The first-order chi connectivity index (χ1) is 11.7. The number of nitrogens with zero attached hydrogens (tertiary/aromatic N) is 1. The second-order valence-electron chi connectivity index (χ2n) is 6.31. The number of hydrogen-bond acceptors (Lipinski definition) is 5. The normalized spacial score (nSPS) is 11.9. The quantitative estimate of drug-likeness (QED) is 0.771. The molecule has 3 N–H and O–H groups in total. The second kappa shape index (κ2) is 7.44. The molecule has 0 saturated carbocycles. The third-order valence-corrected chi connectivity index (χ3v) is 4.07. The van der Waals surface area contributed by atoms with Gasteiger partial charge in [-0.3, -0.25) is 4.79 Å². The minimum Gasteiger partial charge on any atom is -0.480 e. The van der Waals surface area contributed by atoms with Gasteiger partial charge in [0.1, 0.15) is 23.2 Å². The van der Waals surface area contributed by atoms with Crippen molar-refractivity contribution in [2.45, 2.75) is 40.2 Å². The summed E-state index contributed by atoms with van der Waals surface area (Å²) in [5.74, 6) is 0.312. The fourth-order valence-electron chi connectivity index (χ4n) is 2.90. The molecule has 1 unspecified atom stereocenters. The fourth-order valence-corrected chi connectivity index (χ4v) is 2.90. The van der Waals surface area contributed by atoms with Crippen molar-refractivity contribution >= 4 is 11.7 Å². The highest BCUT2D eigenvalue weighted by molar-refractivity contribution is 5.73. The number of ether oxygens (including phenoxy) is 1. The van der Waals surface area contributed by atoms with Crippen LogP contribution < -0.4 is 10.5 Å². The molecule has 0 aromatic heterocycles. The molecule has 132 valence electrons. The Bertz CT molecular complexity index is 784. The van der Waals surface area contributed by atoms with E-state index in [1.807, 2.05) is 39.8 Å². The monoisotopic (exact) mass is 342 g/mol. The van der Waals surface area contributed by atoms with Crippen LogP contribution in [0.15, 0.2) is 29.4 Å². The van der Waals surface area contributed by atoms with E-state index in [0.717, 1.165) is 27.8 Å². The highest BCUT2D eigenvalue weighted by Crippen LogP contribution is 2.34. The Morgan fingerprint density at radius 3 is 2.04 bits per heavy atom. The number of carbonyl (C=O) groups is 1. The molecule has 0 aliphatic carbocycles. The average Bonchev–Trinajstić information content (AvgIpc) is 2.50. The number of carboxylic acids is 1. The molecule has 0 amide bonds. The number of aryl methyl sites for hydroxylation is 4. The molecule has 2 aromatic rings. The third-order valence-electron chi connectivity index (χ3n) is 4.07. The zero-order valence-corrected chi connectivity index (χ0v) is 14.8. The first kappa shape index (κ1) is 18.6. The molecule has 0 saturated heterocycles. The topological polar surface area (TPSA) is 102 Å². The van der Waals surface area contributed by atoms with Crippen molar-refractivity contribution in [3.05, 3.63) is 57.0 Å². The molecule has 2 rings (SSSR count). The van der Waals surface area contributed by atoms with Crippen molar-refractivity contribution in [1.82, 2.24) is 0 Å². The molecule has 0 aliphatic rings. The van der Waals surface area contributed by atoms with Crippen molar-refractivity contribution in [3.8, 4) is 11.5 Å². The van der Waals surface area contributed by atoms with E-state index in [1.54, 1.807) is 12.1 Å². The van der Waals surface area contributed by atoms with Gasteiger partial charge in [0.05, 0.1) is 0 Å². The number of benzene rings is 2. The van der Waals surface area contributed by atoms with Crippen LogP contribution in [0.1, 0.15) is 27.8 Å². The van der Waals surface area contributed by atoms with Gasteiger partial charge in [0.2, 0.25) is 0 Å².